The monoisotopic (exact) mass is 224 g/mol. The van der Waals surface area contributed by atoms with Crippen molar-refractivity contribution in [2.24, 2.45) is 5.73 Å². The average Bonchev–Trinajstić information content (AvgIpc) is 2.23. The topological polar surface area (TPSA) is 38.0 Å². The first kappa shape index (κ1) is 12.6. The Morgan fingerprint density at radius 2 is 1.94 bits per heavy atom. The summed E-state index contributed by atoms with van der Waals surface area (Å²) in [5.41, 5.74) is 6.03. The van der Waals surface area contributed by atoms with Crippen molar-refractivity contribution in [1.82, 2.24) is 5.32 Å². The molecule has 2 nitrogen and oxygen atoms in total. The van der Waals surface area contributed by atoms with Crippen molar-refractivity contribution < 1.29 is 8.78 Å². The smallest absolute Gasteiger partial charge is 0.126 e. The lowest BCUT2D eigenvalue weighted by Crippen LogP contribution is -2.28. The number of nitrogens with two attached hydrogens (primary N) is 1. The lowest BCUT2D eigenvalue weighted by atomic mass is 10.1. The van der Waals surface area contributed by atoms with Crippen LogP contribution in [0.5, 0.6) is 0 Å². The van der Waals surface area contributed by atoms with E-state index in [2.05, 4.69) is 17.2 Å². The number of benzene rings is 1. The molecule has 0 saturated heterocycles. The molecule has 1 aromatic carbocycles. The molecule has 0 spiro atoms. The maximum atomic E-state index is 13.0. The van der Waals surface area contributed by atoms with Crippen LogP contribution in [-0.2, 0) is 0 Å². The quantitative estimate of drug-likeness (QED) is 0.762. The Labute approximate surface area is 93.8 Å². The van der Waals surface area contributed by atoms with E-state index in [4.69, 9.17) is 5.73 Å². The molecular weight excluding hydrogens is 210 g/mol. The molecule has 0 saturated carbocycles. The third kappa shape index (κ3) is 3.61. The highest BCUT2D eigenvalue weighted by atomic mass is 19.1. The molecule has 0 amide bonds. The minimum absolute atomic E-state index is 0.258. The Kier molecular flexibility index (Phi) is 4.90. The number of hydrogen-bond acceptors (Lipinski definition) is 2. The van der Waals surface area contributed by atoms with Crippen LogP contribution >= 0.6 is 0 Å². The van der Waals surface area contributed by atoms with Gasteiger partial charge in [-0.25, -0.2) is 8.78 Å². The highest BCUT2D eigenvalue weighted by molar-refractivity contribution is 5.22. The zero-order valence-corrected chi connectivity index (χ0v) is 9.06. The summed E-state index contributed by atoms with van der Waals surface area (Å²) in [7, 11) is 0. The van der Waals surface area contributed by atoms with Crippen molar-refractivity contribution >= 4 is 0 Å². The highest BCUT2D eigenvalue weighted by Gasteiger charge is 2.10. The average molecular weight is 224 g/mol. The van der Waals surface area contributed by atoms with E-state index < -0.39 is 11.6 Å². The zero-order chi connectivity index (χ0) is 12.0. The van der Waals surface area contributed by atoms with Gasteiger partial charge >= 0.3 is 0 Å². The summed E-state index contributed by atoms with van der Waals surface area (Å²) in [5.74, 6) is 4.33. The maximum absolute atomic E-state index is 13.0. The number of nitrogens with one attached hydrogen (secondary N) is 1. The minimum Gasteiger partial charge on any atom is -0.329 e. The van der Waals surface area contributed by atoms with Gasteiger partial charge in [0.25, 0.3) is 0 Å². The van der Waals surface area contributed by atoms with Gasteiger partial charge in [-0.3, -0.25) is 5.32 Å². The van der Waals surface area contributed by atoms with Crippen molar-refractivity contribution in [3.05, 3.63) is 35.4 Å². The molecule has 0 fully saturated rings. The van der Waals surface area contributed by atoms with Crippen LogP contribution in [0.25, 0.3) is 0 Å². The summed E-state index contributed by atoms with van der Waals surface area (Å²) in [5, 5.41) is 3.01. The van der Waals surface area contributed by atoms with E-state index in [1.807, 2.05) is 0 Å². The second-order valence-electron chi connectivity index (χ2n) is 3.30. The Hall–Kier alpha value is -1.44. The molecule has 0 aliphatic carbocycles. The molecule has 86 valence electrons. The van der Waals surface area contributed by atoms with Gasteiger partial charge in [-0.2, -0.15) is 0 Å². The van der Waals surface area contributed by atoms with Crippen molar-refractivity contribution in [2.75, 3.05) is 13.1 Å². The molecule has 4 heteroatoms. The van der Waals surface area contributed by atoms with E-state index >= 15 is 0 Å². The molecule has 0 heterocycles. The van der Waals surface area contributed by atoms with Crippen molar-refractivity contribution in [3.63, 3.8) is 0 Å². The lowest BCUT2D eigenvalue weighted by molar-refractivity contribution is 0.548. The molecule has 16 heavy (non-hydrogen) atoms. The Morgan fingerprint density at radius 1 is 1.31 bits per heavy atom. The van der Waals surface area contributed by atoms with Gasteiger partial charge in [0.05, 0.1) is 6.54 Å². The predicted octanol–water partition coefficient (Wildman–Crippen LogP) is 1.58. The van der Waals surface area contributed by atoms with Gasteiger partial charge in [0.1, 0.15) is 11.6 Å². The van der Waals surface area contributed by atoms with Crippen molar-refractivity contribution in [3.8, 4) is 11.8 Å². The van der Waals surface area contributed by atoms with Gasteiger partial charge in [0.15, 0.2) is 0 Å². The van der Waals surface area contributed by atoms with Crippen LogP contribution in [0.4, 0.5) is 8.78 Å². The summed E-state index contributed by atoms with van der Waals surface area (Å²) >= 11 is 0. The third-order valence-electron chi connectivity index (χ3n) is 2.14. The fourth-order valence-electron chi connectivity index (χ4n) is 1.38. The molecule has 1 atom stereocenters. The maximum Gasteiger partial charge on any atom is 0.126 e. The molecule has 1 aromatic rings. The van der Waals surface area contributed by atoms with Crippen LogP contribution < -0.4 is 11.1 Å². The van der Waals surface area contributed by atoms with Gasteiger partial charge in [-0.1, -0.05) is 5.92 Å². The first-order chi connectivity index (χ1) is 7.67. The SMILES string of the molecule is CC#CCNC(CN)c1cc(F)cc(F)c1. The third-order valence-corrected chi connectivity index (χ3v) is 2.14. The van der Waals surface area contributed by atoms with Crippen LogP contribution in [-0.4, -0.2) is 13.1 Å². The van der Waals surface area contributed by atoms with Crippen LogP contribution in [0.2, 0.25) is 0 Å². The molecule has 0 aliphatic heterocycles. The molecule has 0 aromatic heterocycles. The first-order valence-corrected chi connectivity index (χ1v) is 4.96. The second kappa shape index (κ2) is 6.21. The summed E-state index contributed by atoms with van der Waals surface area (Å²) in [6.07, 6.45) is 0. The van der Waals surface area contributed by atoms with Crippen LogP contribution in [0.15, 0.2) is 18.2 Å². The largest absolute Gasteiger partial charge is 0.329 e. The summed E-state index contributed by atoms with van der Waals surface area (Å²) < 4.78 is 26.0. The molecule has 3 N–H and O–H groups in total. The molecular formula is C12H14F2N2. The van der Waals surface area contributed by atoms with Crippen molar-refractivity contribution in [1.29, 1.82) is 0 Å². The van der Waals surface area contributed by atoms with E-state index in [0.717, 1.165) is 6.07 Å². The fourth-order valence-corrected chi connectivity index (χ4v) is 1.38. The highest BCUT2D eigenvalue weighted by Crippen LogP contribution is 2.15. The van der Waals surface area contributed by atoms with Gasteiger partial charge in [-0.05, 0) is 24.6 Å². The van der Waals surface area contributed by atoms with E-state index in [9.17, 15) is 8.78 Å². The van der Waals surface area contributed by atoms with Crippen molar-refractivity contribution in [2.45, 2.75) is 13.0 Å². The Morgan fingerprint density at radius 3 is 2.44 bits per heavy atom. The molecule has 0 bridgehead atoms. The number of halogens is 2. The van der Waals surface area contributed by atoms with E-state index in [1.165, 1.54) is 12.1 Å². The summed E-state index contributed by atoms with van der Waals surface area (Å²) in [4.78, 5) is 0. The first-order valence-electron chi connectivity index (χ1n) is 4.96. The summed E-state index contributed by atoms with van der Waals surface area (Å²) in [6.45, 7) is 2.42. The predicted molar refractivity (Wildman–Crippen MR) is 59.6 cm³/mol. The fraction of sp³-hybridized carbons (Fsp3) is 0.333. The van der Waals surface area contributed by atoms with Gasteiger partial charge in [0.2, 0.25) is 0 Å². The van der Waals surface area contributed by atoms with Gasteiger partial charge < -0.3 is 5.73 Å². The summed E-state index contributed by atoms with van der Waals surface area (Å²) in [6, 6.07) is 3.09. The molecule has 1 unspecified atom stereocenters. The van der Waals surface area contributed by atoms with E-state index in [1.54, 1.807) is 6.92 Å². The minimum atomic E-state index is -0.600. The zero-order valence-electron chi connectivity index (χ0n) is 9.06. The second-order valence-corrected chi connectivity index (χ2v) is 3.30. The standard InChI is InChI=1S/C12H14F2N2/c1-2-3-4-16-12(8-15)9-5-10(13)7-11(14)6-9/h5-7,12,16H,4,8,15H2,1H3. The van der Waals surface area contributed by atoms with E-state index in [-0.39, 0.29) is 12.6 Å². The number of hydrogen-bond donors (Lipinski definition) is 2. The molecule has 0 aliphatic rings. The normalized spacial score (nSPS) is 11.8. The van der Waals surface area contributed by atoms with Crippen LogP contribution in [0.3, 0.4) is 0 Å². The Bertz CT molecular complexity index is 387. The van der Waals surface area contributed by atoms with Crippen LogP contribution in [0.1, 0.15) is 18.5 Å². The van der Waals surface area contributed by atoms with E-state index in [0.29, 0.717) is 12.1 Å². The molecule has 1 rings (SSSR count). The van der Waals surface area contributed by atoms with Crippen LogP contribution in [0, 0.1) is 23.5 Å². The number of rotatable bonds is 4. The lowest BCUT2D eigenvalue weighted by Gasteiger charge is -2.15. The van der Waals surface area contributed by atoms with Gasteiger partial charge in [-0.15, -0.1) is 5.92 Å². The molecule has 0 radical (unpaired) electrons. The Balaban J connectivity index is 2.80. The van der Waals surface area contributed by atoms with Gasteiger partial charge in [0, 0.05) is 18.7 Å².